The number of imidazole rings is 1. The zero-order chi connectivity index (χ0) is 15.9. The van der Waals surface area contributed by atoms with Crippen molar-refractivity contribution in [2.45, 2.75) is 52.1 Å². The highest BCUT2D eigenvalue weighted by molar-refractivity contribution is 5.81. The SMILES string of the molecule is CCC(N)Cn1c(C(C)(C)C)nc2cc3c(cc21)OCCO3. The van der Waals surface area contributed by atoms with Gasteiger partial charge < -0.3 is 19.8 Å². The maximum Gasteiger partial charge on any atom is 0.163 e. The molecule has 1 atom stereocenters. The van der Waals surface area contributed by atoms with E-state index in [1.54, 1.807) is 0 Å². The predicted octanol–water partition coefficient (Wildman–Crippen LogP) is 2.84. The van der Waals surface area contributed by atoms with Crippen molar-refractivity contribution in [2.75, 3.05) is 13.2 Å². The van der Waals surface area contributed by atoms with Gasteiger partial charge in [0.25, 0.3) is 0 Å². The van der Waals surface area contributed by atoms with Crippen molar-refractivity contribution in [3.05, 3.63) is 18.0 Å². The summed E-state index contributed by atoms with van der Waals surface area (Å²) in [5.41, 5.74) is 8.16. The molecule has 22 heavy (non-hydrogen) atoms. The Bertz CT molecular complexity index is 685. The van der Waals surface area contributed by atoms with Crippen LogP contribution in [0.3, 0.4) is 0 Å². The van der Waals surface area contributed by atoms with Crippen LogP contribution in [0.5, 0.6) is 11.5 Å². The average Bonchev–Trinajstić information content (AvgIpc) is 2.83. The number of fused-ring (bicyclic) bond motifs is 2. The molecule has 0 saturated heterocycles. The van der Waals surface area contributed by atoms with Gasteiger partial charge in [-0.3, -0.25) is 0 Å². The quantitative estimate of drug-likeness (QED) is 0.947. The van der Waals surface area contributed by atoms with Crippen molar-refractivity contribution >= 4 is 11.0 Å². The standard InChI is InChI=1S/C17H25N3O2/c1-5-11(18)10-20-13-9-15-14(21-6-7-22-15)8-12(13)19-16(20)17(2,3)4/h8-9,11H,5-7,10,18H2,1-4H3. The molecule has 120 valence electrons. The lowest BCUT2D eigenvalue weighted by atomic mass is 9.95. The Hall–Kier alpha value is -1.75. The molecule has 2 heterocycles. The maximum atomic E-state index is 6.20. The van der Waals surface area contributed by atoms with Crippen molar-refractivity contribution in [3.63, 3.8) is 0 Å². The van der Waals surface area contributed by atoms with Crippen molar-refractivity contribution in [2.24, 2.45) is 5.73 Å². The summed E-state index contributed by atoms with van der Waals surface area (Å²) in [4.78, 5) is 4.85. The lowest BCUT2D eigenvalue weighted by molar-refractivity contribution is 0.172. The van der Waals surface area contributed by atoms with Crippen LogP contribution in [0.2, 0.25) is 0 Å². The van der Waals surface area contributed by atoms with E-state index in [9.17, 15) is 0 Å². The Morgan fingerprint density at radius 2 is 1.86 bits per heavy atom. The minimum Gasteiger partial charge on any atom is -0.486 e. The molecular formula is C17H25N3O2. The molecule has 0 radical (unpaired) electrons. The summed E-state index contributed by atoms with van der Waals surface area (Å²) < 4.78 is 13.6. The van der Waals surface area contributed by atoms with E-state index in [-0.39, 0.29) is 11.5 Å². The van der Waals surface area contributed by atoms with Gasteiger partial charge in [0.05, 0.1) is 11.0 Å². The first-order valence-electron chi connectivity index (χ1n) is 7.96. The Morgan fingerprint density at radius 1 is 1.23 bits per heavy atom. The van der Waals surface area contributed by atoms with Gasteiger partial charge in [0.15, 0.2) is 11.5 Å². The molecule has 5 nitrogen and oxygen atoms in total. The largest absolute Gasteiger partial charge is 0.486 e. The zero-order valence-electron chi connectivity index (χ0n) is 13.8. The van der Waals surface area contributed by atoms with Crippen molar-refractivity contribution in [3.8, 4) is 11.5 Å². The van der Waals surface area contributed by atoms with Crippen molar-refractivity contribution in [1.29, 1.82) is 0 Å². The number of ether oxygens (including phenoxy) is 2. The second kappa shape index (κ2) is 5.47. The first-order valence-corrected chi connectivity index (χ1v) is 7.96. The van der Waals surface area contributed by atoms with Crippen LogP contribution in [0.15, 0.2) is 12.1 Å². The van der Waals surface area contributed by atoms with Crippen molar-refractivity contribution < 1.29 is 9.47 Å². The van der Waals surface area contributed by atoms with Crippen molar-refractivity contribution in [1.82, 2.24) is 9.55 Å². The Kier molecular flexibility index (Phi) is 3.77. The minimum absolute atomic E-state index is 0.0469. The van der Waals surface area contributed by atoms with Gasteiger partial charge in [-0.2, -0.15) is 0 Å². The molecule has 0 saturated carbocycles. The first kappa shape index (κ1) is 15.2. The molecular weight excluding hydrogens is 278 g/mol. The third-order valence-electron chi connectivity index (χ3n) is 4.02. The molecule has 1 aromatic heterocycles. The average molecular weight is 303 g/mol. The molecule has 0 amide bonds. The maximum absolute atomic E-state index is 6.20. The summed E-state index contributed by atoms with van der Waals surface area (Å²) in [7, 11) is 0. The van der Waals surface area contributed by atoms with Gasteiger partial charge >= 0.3 is 0 Å². The summed E-state index contributed by atoms with van der Waals surface area (Å²) in [5, 5.41) is 0. The van der Waals surface area contributed by atoms with E-state index in [0.29, 0.717) is 13.2 Å². The van der Waals surface area contributed by atoms with Crippen LogP contribution in [-0.4, -0.2) is 28.8 Å². The summed E-state index contributed by atoms with van der Waals surface area (Å²) in [5.74, 6) is 2.63. The number of nitrogens with zero attached hydrogens (tertiary/aromatic N) is 2. The highest BCUT2D eigenvalue weighted by atomic mass is 16.6. The lowest BCUT2D eigenvalue weighted by Gasteiger charge is -2.22. The minimum atomic E-state index is -0.0469. The smallest absolute Gasteiger partial charge is 0.163 e. The van der Waals surface area contributed by atoms with Gasteiger partial charge in [0.2, 0.25) is 0 Å². The summed E-state index contributed by atoms with van der Waals surface area (Å²) in [6.45, 7) is 10.6. The van der Waals surface area contributed by atoms with Crippen LogP contribution in [0.25, 0.3) is 11.0 Å². The van der Waals surface area contributed by atoms with E-state index >= 15 is 0 Å². The topological polar surface area (TPSA) is 62.3 Å². The molecule has 1 aliphatic rings. The monoisotopic (exact) mass is 303 g/mol. The molecule has 0 spiro atoms. The third kappa shape index (κ3) is 2.65. The van der Waals surface area contributed by atoms with E-state index in [4.69, 9.17) is 20.2 Å². The van der Waals surface area contributed by atoms with Gasteiger partial charge in [0.1, 0.15) is 19.0 Å². The molecule has 1 unspecified atom stereocenters. The van der Waals surface area contributed by atoms with Crippen LogP contribution < -0.4 is 15.2 Å². The van der Waals surface area contributed by atoms with E-state index in [1.807, 2.05) is 12.1 Å². The van der Waals surface area contributed by atoms with Crippen LogP contribution in [0.4, 0.5) is 0 Å². The van der Waals surface area contributed by atoms with Crippen LogP contribution >= 0.6 is 0 Å². The molecule has 0 aliphatic carbocycles. The highest BCUT2D eigenvalue weighted by Gasteiger charge is 2.25. The Morgan fingerprint density at radius 3 is 2.45 bits per heavy atom. The van der Waals surface area contributed by atoms with Gasteiger partial charge in [-0.05, 0) is 6.42 Å². The second-order valence-electron chi connectivity index (χ2n) is 6.95. The number of hydrogen-bond donors (Lipinski definition) is 1. The number of aromatic nitrogens is 2. The molecule has 5 heteroatoms. The lowest BCUT2D eigenvalue weighted by Crippen LogP contribution is -2.29. The molecule has 2 N–H and O–H groups in total. The van der Waals surface area contributed by atoms with Gasteiger partial charge in [0, 0.05) is 30.1 Å². The number of benzene rings is 1. The van der Waals surface area contributed by atoms with Crippen LogP contribution in [-0.2, 0) is 12.0 Å². The molecule has 0 bridgehead atoms. The Balaban J connectivity index is 2.18. The molecule has 2 aromatic rings. The molecule has 3 rings (SSSR count). The summed E-state index contributed by atoms with van der Waals surface area (Å²) in [6, 6.07) is 4.13. The van der Waals surface area contributed by atoms with E-state index in [2.05, 4.69) is 32.3 Å². The second-order valence-corrected chi connectivity index (χ2v) is 6.95. The third-order valence-corrected chi connectivity index (χ3v) is 4.02. The molecule has 1 aromatic carbocycles. The first-order chi connectivity index (χ1) is 10.4. The fourth-order valence-corrected chi connectivity index (χ4v) is 2.78. The zero-order valence-corrected chi connectivity index (χ0v) is 13.8. The predicted molar refractivity (Wildman–Crippen MR) is 87.7 cm³/mol. The van der Waals surface area contributed by atoms with E-state index < -0.39 is 0 Å². The Labute approximate surface area is 131 Å². The van der Waals surface area contributed by atoms with E-state index in [1.165, 1.54) is 0 Å². The van der Waals surface area contributed by atoms with Crippen LogP contribution in [0.1, 0.15) is 39.9 Å². The normalized spacial score (nSPS) is 16.0. The number of rotatable bonds is 3. The molecule has 0 fully saturated rings. The fourth-order valence-electron chi connectivity index (χ4n) is 2.78. The number of nitrogens with two attached hydrogens (primary N) is 1. The van der Waals surface area contributed by atoms with Gasteiger partial charge in [-0.15, -0.1) is 0 Å². The van der Waals surface area contributed by atoms with Gasteiger partial charge in [-0.25, -0.2) is 4.98 Å². The molecule has 1 aliphatic heterocycles. The van der Waals surface area contributed by atoms with Gasteiger partial charge in [-0.1, -0.05) is 27.7 Å². The number of hydrogen-bond acceptors (Lipinski definition) is 4. The highest BCUT2D eigenvalue weighted by Crippen LogP contribution is 2.36. The summed E-state index contributed by atoms with van der Waals surface area (Å²) in [6.07, 6.45) is 0.938. The van der Waals surface area contributed by atoms with Crippen LogP contribution in [0, 0.1) is 0 Å². The summed E-state index contributed by atoms with van der Waals surface area (Å²) >= 11 is 0. The fraction of sp³-hybridized carbons (Fsp3) is 0.588. The van der Waals surface area contributed by atoms with E-state index in [0.717, 1.165) is 41.3 Å².